The molecule has 0 aromatic carbocycles. The summed E-state index contributed by atoms with van der Waals surface area (Å²) >= 11 is -4.10. The van der Waals surface area contributed by atoms with Crippen LogP contribution in [0.5, 0.6) is 17.2 Å². The van der Waals surface area contributed by atoms with E-state index in [1.807, 2.05) is 0 Å². The molecule has 10 heteroatoms. The van der Waals surface area contributed by atoms with Gasteiger partial charge in [-0.1, -0.05) is 0 Å². The Kier molecular flexibility index (Phi) is 5.29. The van der Waals surface area contributed by atoms with Crippen molar-refractivity contribution in [1.29, 1.82) is 0 Å². The SMILES string of the molecule is O=c1ccocc1[O][In]([O]c1coccc1=O)[O]c1coccc1=O. The standard InChI is InChI=1S/3C5H4O3.In/c3*6-4-1-2-8-3-5(4)7;/h3*1-3,7H;/q;;;+3/p-3. The molecule has 3 heterocycles. The predicted octanol–water partition coefficient (Wildman–Crippen LogP) is 1.07. The summed E-state index contributed by atoms with van der Waals surface area (Å²) in [6, 6.07) is 3.43. The van der Waals surface area contributed by atoms with E-state index < -0.39 is 39.0 Å². The second-order valence-corrected chi connectivity index (χ2v) is 8.16. The van der Waals surface area contributed by atoms with E-state index >= 15 is 0 Å². The van der Waals surface area contributed by atoms with Crippen LogP contribution in [0.15, 0.2) is 83.4 Å². The molecular formula is C15H9InO9. The summed E-state index contributed by atoms with van der Waals surface area (Å²) in [6.07, 6.45) is 6.75. The Morgan fingerprint density at radius 1 is 0.600 bits per heavy atom. The topological polar surface area (TPSA) is 118 Å². The number of hydrogen-bond acceptors (Lipinski definition) is 9. The van der Waals surface area contributed by atoms with Gasteiger partial charge in [0.25, 0.3) is 0 Å². The van der Waals surface area contributed by atoms with Gasteiger partial charge in [-0.05, 0) is 0 Å². The fourth-order valence-electron chi connectivity index (χ4n) is 1.67. The molecule has 0 bridgehead atoms. The van der Waals surface area contributed by atoms with Crippen molar-refractivity contribution in [3.63, 3.8) is 0 Å². The van der Waals surface area contributed by atoms with Crippen molar-refractivity contribution in [2.24, 2.45) is 0 Å². The molecule has 0 amide bonds. The maximum absolute atomic E-state index is 11.8. The second kappa shape index (κ2) is 7.79. The van der Waals surface area contributed by atoms with Crippen LogP contribution in [0.2, 0.25) is 0 Å². The van der Waals surface area contributed by atoms with Gasteiger partial charge in [-0.3, -0.25) is 0 Å². The Bertz CT molecular complexity index is 888. The van der Waals surface area contributed by atoms with Gasteiger partial charge in [0, 0.05) is 0 Å². The third-order valence-electron chi connectivity index (χ3n) is 2.82. The van der Waals surface area contributed by atoms with Crippen LogP contribution in [0.3, 0.4) is 0 Å². The maximum atomic E-state index is 11.8. The van der Waals surface area contributed by atoms with E-state index in [1.54, 1.807) is 0 Å². The summed E-state index contributed by atoms with van der Waals surface area (Å²) < 4.78 is 31.0. The van der Waals surface area contributed by atoms with Crippen molar-refractivity contribution >= 4 is 22.7 Å². The molecule has 0 atom stereocenters. The Labute approximate surface area is 148 Å². The van der Waals surface area contributed by atoms with Crippen LogP contribution in [0, 0.1) is 0 Å². The third kappa shape index (κ3) is 4.35. The Morgan fingerprint density at radius 3 is 1.20 bits per heavy atom. The molecule has 0 unspecified atom stereocenters. The van der Waals surface area contributed by atoms with Gasteiger partial charge >= 0.3 is 148 Å². The molecule has 126 valence electrons. The average Bonchev–Trinajstić information content (AvgIpc) is 2.61. The number of hydrogen-bond donors (Lipinski definition) is 0. The average molecular weight is 448 g/mol. The van der Waals surface area contributed by atoms with E-state index in [2.05, 4.69) is 0 Å². The first-order valence-corrected chi connectivity index (χ1v) is 10.9. The first kappa shape index (κ1) is 17.0. The van der Waals surface area contributed by atoms with Crippen molar-refractivity contribution < 1.29 is 21.8 Å². The molecule has 3 aromatic rings. The van der Waals surface area contributed by atoms with Gasteiger partial charge < -0.3 is 0 Å². The molecule has 0 aliphatic carbocycles. The molecule has 3 aromatic heterocycles. The summed E-state index contributed by atoms with van der Waals surface area (Å²) in [7, 11) is 0. The van der Waals surface area contributed by atoms with Crippen molar-refractivity contribution in [3.8, 4) is 17.2 Å². The van der Waals surface area contributed by atoms with Gasteiger partial charge in [0.2, 0.25) is 0 Å². The molecule has 0 aliphatic rings. The van der Waals surface area contributed by atoms with Crippen LogP contribution in [-0.2, 0) is 0 Å². The van der Waals surface area contributed by atoms with Crippen LogP contribution in [0.25, 0.3) is 0 Å². The first-order chi connectivity index (χ1) is 12.1. The zero-order valence-electron chi connectivity index (χ0n) is 12.4. The van der Waals surface area contributed by atoms with Gasteiger partial charge in [0.1, 0.15) is 0 Å². The summed E-state index contributed by atoms with van der Waals surface area (Å²) in [6.45, 7) is 0. The van der Waals surface area contributed by atoms with Crippen LogP contribution in [0.1, 0.15) is 0 Å². The van der Waals surface area contributed by atoms with Crippen molar-refractivity contribution in [2.45, 2.75) is 0 Å². The number of rotatable bonds is 6. The second-order valence-electron chi connectivity index (χ2n) is 4.50. The normalized spacial score (nSPS) is 10.1. The van der Waals surface area contributed by atoms with Gasteiger partial charge in [-0.15, -0.1) is 0 Å². The van der Waals surface area contributed by atoms with Crippen molar-refractivity contribution in [3.05, 3.63) is 86.4 Å². The molecule has 0 saturated heterocycles. The summed E-state index contributed by atoms with van der Waals surface area (Å²) in [4.78, 5) is 35.3. The molecule has 9 nitrogen and oxygen atoms in total. The quantitative estimate of drug-likeness (QED) is 0.546. The summed E-state index contributed by atoms with van der Waals surface area (Å²) in [5, 5.41) is 0. The minimum atomic E-state index is -4.10. The molecule has 0 spiro atoms. The minimum absolute atomic E-state index is 0.163. The Morgan fingerprint density at radius 2 is 0.920 bits per heavy atom. The van der Waals surface area contributed by atoms with Crippen LogP contribution < -0.4 is 24.8 Å². The molecule has 0 saturated carbocycles. The molecular weight excluding hydrogens is 439 g/mol. The fraction of sp³-hybridized carbons (Fsp3) is 0. The molecule has 0 radical (unpaired) electrons. The van der Waals surface area contributed by atoms with Crippen LogP contribution in [-0.4, -0.2) is 22.7 Å². The van der Waals surface area contributed by atoms with Crippen molar-refractivity contribution in [1.82, 2.24) is 0 Å². The van der Waals surface area contributed by atoms with Gasteiger partial charge in [0.05, 0.1) is 0 Å². The zero-order valence-corrected chi connectivity index (χ0v) is 15.7. The predicted molar refractivity (Wildman–Crippen MR) is 82.6 cm³/mol. The van der Waals surface area contributed by atoms with E-state index in [0.29, 0.717) is 0 Å². The van der Waals surface area contributed by atoms with Crippen molar-refractivity contribution in [2.75, 3.05) is 0 Å². The zero-order chi connectivity index (χ0) is 17.6. The van der Waals surface area contributed by atoms with E-state index in [-0.39, 0.29) is 17.2 Å². The summed E-state index contributed by atoms with van der Waals surface area (Å²) in [5.74, 6) is -0.489. The van der Waals surface area contributed by atoms with E-state index in [1.165, 1.54) is 18.8 Å². The van der Waals surface area contributed by atoms with E-state index in [0.717, 1.165) is 37.0 Å². The first-order valence-electron chi connectivity index (χ1n) is 6.83. The Balaban J connectivity index is 1.90. The van der Waals surface area contributed by atoms with Crippen LogP contribution in [0.4, 0.5) is 0 Å². The van der Waals surface area contributed by atoms with E-state index in [4.69, 9.17) is 21.8 Å². The fourth-order valence-corrected chi connectivity index (χ4v) is 5.33. The monoisotopic (exact) mass is 448 g/mol. The molecule has 0 fully saturated rings. The van der Waals surface area contributed by atoms with Crippen LogP contribution >= 0.6 is 0 Å². The third-order valence-corrected chi connectivity index (χ3v) is 6.64. The van der Waals surface area contributed by atoms with E-state index in [9.17, 15) is 14.4 Å². The molecule has 3 rings (SSSR count). The molecule has 0 N–H and O–H groups in total. The van der Waals surface area contributed by atoms with Gasteiger partial charge in [-0.2, -0.15) is 0 Å². The summed E-state index contributed by atoms with van der Waals surface area (Å²) in [5.41, 5.74) is -1.42. The molecule has 25 heavy (non-hydrogen) atoms. The van der Waals surface area contributed by atoms with Gasteiger partial charge in [0.15, 0.2) is 0 Å². The molecule has 0 aliphatic heterocycles. The Hall–Kier alpha value is -2.88. The van der Waals surface area contributed by atoms with Gasteiger partial charge in [-0.25, -0.2) is 0 Å².